The number of hydrogen-bond acceptors (Lipinski definition) is 4. The maximum absolute atomic E-state index is 11.8. The van der Waals surface area contributed by atoms with Crippen LogP contribution in [0.5, 0.6) is 0 Å². The quantitative estimate of drug-likeness (QED) is 0.421. The second-order valence-electron chi connectivity index (χ2n) is 7.15. The SMILES string of the molecule is CCC(C)NC(=O)CCNC(=NC)NCC1CN(CC(C)C)CCO1. The van der Waals surface area contributed by atoms with E-state index in [0.717, 1.165) is 32.7 Å². The Morgan fingerprint density at radius 2 is 2.08 bits per heavy atom. The molecule has 0 bridgehead atoms. The van der Waals surface area contributed by atoms with Crippen LogP contribution in [0.15, 0.2) is 4.99 Å². The molecule has 1 fully saturated rings. The summed E-state index contributed by atoms with van der Waals surface area (Å²) < 4.78 is 5.83. The first-order chi connectivity index (χ1) is 11.9. The monoisotopic (exact) mass is 355 g/mol. The van der Waals surface area contributed by atoms with Crippen molar-refractivity contribution in [2.24, 2.45) is 10.9 Å². The van der Waals surface area contributed by atoms with Crippen molar-refractivity contribution in [2.45, 2.75) is 52.7 Å². The minimum atomic E-state index is 0.0669. The van der Waals surface area contributed by atoms with Gasteiger partial charge in [-0.2, -0.15) is 0 Å². The molecule has 0 radical (unpaired) electrons. The Kier molecular flexibility index (Phi) is 10.5. The summed E-state index contributed by atoms with van der Waals surface area (Å²) in [5.41, 5.74) is 0. The highest BCUT2D eigenvalue weighted by Gasteiger charge is 2.21. The standard InChI is InChI=1S/C18H37N5O2/c1-6-15(4)22-17(24)7-8-20-18(19-5)21-11-16-13-23(9-10-25-16)12-14(2)3/h14-16H,6-13H2,1-5H3,(H,22,24)(H2,19,20,21). The number of carbonyl (C=O) groups is 1. The Morgan fingerprint density at radius 1 is 1.32 bits per heavy atom. The van der Waals surface area contributed by atoms with Crippen molar-refractivity contribution in [3.8, 4) is 0 Å². The first-order valence-electron chi connectivity index (χ1n) is 9.52. The van der Waals surface area contributed by atoms with Gasteiger partial charge in [0.1, 0.15) is 0 Å². The molecule has 0 aromatic rings. The number of nitrogens with one attached hydrogen (secondary N) is 3. The second-order valence-corrected chi connectivity index (χ2v) is 7.15. The van der Waals surface area contributed by atoms with Crippen LogP contribution in [0, 0.1) is 5.92 Å². The van der Waals surface area contributed by atoms with Crippen molar-refractivity contribution in [3.63, 3.8) is 0 Å². The van der Waals surface area contributed by atoms with Gasteiger partial charge in [-0.05, 0) is 19.3 Å². The number of aliphatic imine (C=N–C) groups is 1. The van der Waals surface area contributed by atoms with E-state index in [1.807, 2.05) is 6.92 Å². The molecule has 1 heterocycles. The third-order valence-electron chi connectivity index (χ3n) is 4.23. The minimum absolute atomic E-state index is 0.0669. The van der Waals surface area contributed by atoms with E-state index in [1.54, 1.807) is 7.05 Å². The summed E-state index contributed by atoms with van der Waals surface area (Å²) in [5, 5.41) is 9.44. The van der Waals surface area contributed by atoms with E-state index in [1.165, 1.54) is 0 Å². The number of carbonyl (C=O) groups excluding carboxylic acids is 1. The molecule has 7 heteroatoms. The number of nitrogens with zero attached hydrogens (tertiary/aromatic N) is 2. The van der Waals surface area contributed by atoms with Gasteiger partial charge in [0.2, 0.25) is 5.91 Å². The fourth-order valence-electron chi connectivity index (χ4n) is 2.76. The Morgan fingerprint density at radius 3 is 2.72 bits per heavy atom. The average molecular weight is 356 g/mol. The molecule has 0 aromatic heterocycles. The fourth-order valence-corrected chi connectivity index (χ4v) is 2.76. The molecule has 0 spiro atoms. The van der Waals surface area contributed by atoms with Crippen molar-refractivity contribution in [1.29, 1.82) is 0 Å². The highest BCUT2D eigenvalue weighted by molar-refractivity contribution is 5.81. The van der Waals surface area contributed by atoms with Crippen LogP contribution >= 0.6 is 0 Å². The largest absolute Gasteiger partial charge is 0.374 e. The normalized spacial score (nSPS) is 20.4. The van der Waals surface area contributed by atoms with Crippen molar-refractivity contribution >= 4 is 11.9 Å². The van der Waals surface area contributed by atoms with Gasteiger partial charge in [0.05, 0.1) is 12.7 Å². The molecule has 1 saturated heterocycles. The van der Waals surface area contributed by atoms with E-state index < -0.39 is 0 Å². The smallest absolute Gasteiger partial charge is 0.221 e. The molecule has 0 aromatic carbocycles. The van der Waals surface area contributed by atoms with Gasteiger partial charge >= 0.3 is 0 Å². The van der Waals surface area contributed by atoms with E-state index in [4.69, 9.17) is 4.74 Å². The number of ether oxygens (including phenoxy) is 1. The van der Waals surface area contributed by atoms with Gasteiger partial charge in [0, 0.05) is 52.2 Å². The van der Waals surface area contributed by atoms with Crippen LogP contribution in [0.25, 0.3) is 0 Å². The van der Waals surface area contributed by atoms with Gasteiger partial charge in [0.25, 0.3) is 0 Å². The van der Waals surface area contributed by atoms with Crippen molar-refractivity contribution in [2.75, 3.05) is 46.4 Å². The van der Waals surface area contributed by atoms with E-state index in [0.29, 0.717) is 31.4 Å². The molecule has 3 N–H and O–H groups in total. The van der Waals surface area contributed by atoms with Gasteiger partial charge in [-0.3, -0.25) is 14.7 Å². The van der Waals surface area contributed by atoms with Gasteiger partial charge < -0.3 is 20.7 Å². The number of rotatable bonds is 9. The summed E-state index contributed by atoms with van der Waals surface area (Å²) in [6, 6.07) is 0.224. The van der Waals surface area contributed by atoms with Gasteiger partial charge in [0.15, 0.2) is 5.96 Å². The predicted octanol–water partition coefficient (Wildman–Crippen LogP) is 0.813. The molecule has 7 nitrogen and oxygen atoms in total. The molecule has 0 saturated carbocycles. The van der Waals surface area contributed by atoms with Gasteiger partial charge in [-0.25, -0.2) is 0 Å². The minimum Gasteiger partial charge on any atom is -0.374 e. The summed E-state index contributed by atoms with van der Waals surface area (Å²) >= 11 is 0. The van der Waals surface area contributed by atoms with Gasteiger partial charge in [-0.15, -0.1) is 0 Å². The van der Waals surface area contributed by atoms with Crippen LogP contribution in [0.3, 0.4) is 0 Å². The zero-order chi connectivity index (χ0) is 18.7. The molecule has 1 amide bonds. The molecule has 1 rings (SSSR count). The molecular formula is C18H37N5O2. The Labute approximate surface area is 153 Å². The lowest BCUT2D eigenvalue weighted by molar-refractivity contribution is -0.121. The molecule has 25 heavy (non-hydrogen) atoms. The number of guanidine groups is 1. The Hall–Kier alpha value is -1.34. The Balaban J connectivity index is 2.24. The fraction of sp³-hybridized carbons (Fsp3) is 0.889. The molecule has 2 atom stereocenters. The summed E-state index contributed by atoms with van der Waals surface area (Å²) in [4.78, 5) is 18.4. The maximum atomic E-state index is 11.8. The van der Waals surface area contributed by atoms with Crippen LogP contribution in [-0.4, -0.2) is 75.3 Å². The topological polar surface area (TPSA) is 78.0 Å². The van der Waals surface area contributed by atoms with Crippen molar-refractivity contribution < 1.29 is 9.53 Å². The van der Waals surface area contributed by atoms with E-state index in [-0.39, 0.29) is 18.1 Å². The molecular weight excluding hydrogens is 318 g/mol. The zero-order valence-corrected chi connectivity index (χ0v) is 16.6. The zero-order valence-electron chi connectivity index (χ0n) is 16.6. The number of morpholine rings is 1. The van der Waals surface area contributed by atoms with E-state index in [2.05, 4.69) is 46.6 Å². The first-order valence-corrected chi connectivity index (χ1v) is 9.52. The summed E-state index contributed by atoms with van der Waals surface area (Å²) in [6.07, 6.45) is 1.55. The van der Waals surface area contributed by atoms with Crippen LogP contribution in [0.1, 0.15) is 40.5 Å². The molecule has 2 unspecified atom stereocenters. The van der Waals surface area contributed by atoms with E-state index >= 15 is 0 Å². The second kappa shape index (κ2) is 12.1. The predicted molar refractivity (Wildman–Crippen MR) is 103 cm³/mol. The lowest BCUT2D eigenvalue weighted by Crippen LogP contribution is -2.50. The number of hydrogen-bond donors (Lipinski definition) is 3. The molecule has 1 aliphatic rings. The molecule has 0 aliphatic carbocycles. The third-order valence-corrected chi connectivity index (χ3v) is 4.23. The highest BCUT2D eigenvalue weighted by Crippen LogP contribution is 2.07. The van der Waals surface area contributed by atoms with Crippen molar-refractivity contribution in [1.82, 2.24) is 20.9 Å². The lowest BCUT2D eigenvalue weighted by atomic mass is 10.2. The van der Waals surface area contributed by atoms with Crippen molar-refractivity contribution in [3.05, 3.63) is 0 Å². The van der Waals surface area contributed by atoms with E-state index in [9.17, 15) is 4.79 Å². The Bertz CT molecular complexity index is 414. The third kappa shape index (κ3) is 9.65. The van der Waals surface area contributed by atoms with Crippen LogP contribution in [0.2, 0.25) is 0 Å². The highest BCUT2D eigenvalue weighted by atomic mass is 16.5. The van der Waals surface area contributed by atoms with Crippen LogP contribution in [-0.2, 0) is 9.53 Å². The lowest BCUT2D eigenvalue weighted by Gasteiger charge is -2.34. The molecule has 1 aliphatic heterocycles. The maximum Gasteiger partial charge on any atom is 0.221 e. The van der Waals surface area contributed by atoms with Gasteiger partial charge in [-0.1, -0.05) is 20.8 Å². The summed E-state index contributed by atoms with van der Waals surface area (Å²) in [6.45, 7) is 13.7. The van der Waals surface area contributed by atoms with Crippen LogP contribution in [0.4, 0.5) is 0 Å². The molecule has 146 valence electrons. The number of amides is 1. The summed E-state index contributed by atoms with van der Waals surface area (Å²) in [5.74, 6) is 1.45. The van der Waals surface area contributed by atoms with Crippen LogP contribution < -0.4 is 16.0 Å². The average Bonchev–Trinajstić information content (AvgIpc) is 2.57. The first kappa shape index (κ1) is 21.7. The summed E-state index contributed by atoms with van der Waals surface area (Å²) in [7, 11) is 1.74.